The summed E-state index contributed by atoms with van der Waals surface area (Å²) in [6.45, 7) is 2.23. The Morgan fingerprint density at radius 3 is 2.63 bits per heavy atom. The lowest BCUT2D eigenvalue weighted by molar-refractivity contribution is -0.130. The first-order valence-corrected chi connectivity index (χ1v) is 7.92. The average molecular weight is 262 g/mol. The number of amides is 1. The summed E-state index contributed by atoms with van der Waals surface area (Å²) in [6.07, 6.45) is 10.6. The van der Waals surface area contributed by atoms with E-state index in [1.165, 1.54) is 19.3 Å². The van der Waals surface area contributed by atoms with Crippen molar-refractivity contribution < 1.29 is 4.79 Å². The Kier molecular flexibility index (Phi) is 4.85. The van der Waals surface area contributed by atoms with Crippen LogP contribution >= 0.6 is 0 Å². The van der Waals surface area contributed by atoms with Gasteiger partial charge < -0.3 is 5.32 Å². The van der Waals surface area contributed by atoms with E-state index < -0.39 is 5.41 Å². The summed E-state index contributed by atoms with van der Waals surface area (Å²) in [4.78, 5) is 12.5. The van der Waals surface area contributed by atoms with Gasteiger partial charge in [0.1, 0.15) is 5.41 Å². The quantitative estimate of drug-likeness (QED) is 0.845. The van der Waals surface area contributed by atoms with Crippen molar-refractivity contribution in [3.63, 3.8) is 0 Å². The van der Waals surface area contributed by atoms with Crippen LogP contribution in [0.3, 0.4) is 0 Å². The highest BCUT2D eigenvalue weighted by Gasteiger charge is 2.40. The monoisotopic (exact) mass is 262 g/mol. The van der Waals surface area contributed by atoms with E-state index in [1.807, 2.05) is 0 Å². The van der Waals surface area contributed by atoms with Gasteiger partial charge in [-0.2, -0.15) is 5.26 Å². The maximum absolute atomic E-state index is 12.5. The predicted molar refractivity (Wildman–Crippen MR) is 75.3 cm³/mol. The predicted octanol–water partition coefficient (Wildman–Crippen LogP) is 3.55. The molecule has 0 bridgehead atoms. The van der Waals surface area contributed by atoms with Gasteiger partial charge in [-0.05, 0) is 31.6 Å². The lowest BCUT2D eigenvalue weighted by Gasteiger charge is -2.34. The molecule has 2 fully saturated rings. The summed E-state index contributed by atoms with van der Waals surface area (Å²) < 4.78 is 0. The molecule has 2 unspecified atom stereocenters. The Morgan fingerprint density at radius 2 is 2.00 bits per heavy atom. The zero-order chi connectivity index (χ0) is 13.7. The third kappa shape index (κ3) is 3.29. The molecule has 1 N–H and O–H groups in total. The van der Waals surface area contributed by atoms with Crippen LogP contribution in [0, 0.1) is 22.7 Å². The second kappa shape index (κ2) is 6.41. The molecule has 106 valence electrons. The molecule has 0 aliphatic heterocycles. The minimum absolute atomic E-state index is 0.0106. The minimum Gasteiger partial charge on any atom is -0.352 e. The van der Waals surface area contributed by atoms with Gasteiger partial charge in [0.15, 0.2) is 0 Å². The third-order valence-electron chi connectivity index (χ3n) is 5.05. The molecule has 2 rings (SSSR count). The average Bonchev–Trinajstić information content (AvgIpc) is 2.48. The Bertz CT molecular complexity index is 352. The smallest absolute Gasteiger partial charge is 0.240 e. The summed E-state index contributed by atoms with van der Waals surface area (Å²) in [5, 5.41) is 12.6. The fraction of sp³-hybridized carbons (Fsp3) is 0.875. The van der Waals surface area contributed by atoms with Gasteiger partial charge in [0.25, 0.3) is 0 Å². The molecule has 19 heavy (non-hydrogen) atoms. The van der Waals surface area contributed by atoms with Crippen LogP contribution in [0.1, 0.15) is 71.1 Å². The minimum atomic E-state index is -0.725. The SMILES string of the molecule is CCC1CCCC(NC(=O)C2(C#N)CCCCC2)C1. The number of hydrogen-bond donors (Lipinski definition) is 1. The highest BCUT2D eigenvalue weighted by atomic mass is 16.2. The molecule has 0 aromatic carbocycles. The molecular weight excluding hydrogens is 236 g/mol. The van der Waals surface area contributed by atoms with Crippen molar-refractivity contribution in [1.29, 1.82) is 5.26 Å². The van der Waals surface area contributed by atoms with E-state index in [2.05, 4.69) is 18.3 Å². The van der Waals surface area contributed by atoms with Crippen LogP contribution in [-0.2, 0) is 4.79 Å². The zero-order valence-electron chi connectivity index (χ0n) is 12.1. The largest absolute Gasteiger partial charge is 0.352 e. The van der Waals surface area contributed by atoms with Crippen molar-refractivity contribution >= 4 is 5.91 Å². The van der Waals surface area contributed by atoms with E-state index >= 15 is 0 Å². The van der Waals surface area contributed by atoms with Gasteiger partial charge in [0, 0.05) is 6.04 Å². The Morgan fingerprint density at radius 1 is 1.26 bits per heavy atom. The molecule has 0 aromatic heterocycles. The number of nitriles is 1. The Hall–Kier alpha value is -1.04. The molecule has 0 radical (unpaired) electrons. The van der Waals surface area contributed by atoms with E-state index in [0.29, 0.717) is 6.04 Å². The maximum Gasteiger partial charge on any atom is 0.240 e. The van der Waals surface area contributed by atoms with E-state index in [1.54, 1.807) is 0 Å². The standard InChI is InChI=1S/C16H26N2O/c1-2-13-7-6-8-14(11-13)18-15(19)16(12-17)9-4-3-5-10-16/h13-14H,2-11H2,1H3,(H,18,19). The molecule has 0 heterocycles. The van der Waals surface area contributed by atoms with Crippen LogP contribution in [0.2, 0.25) is 0 Å². The molecule has 0 spiro atoms. The highest BCUT2D eigenvalue weighted by molar-refractivity contribution is 5.85. The van der Waals surface area contributed by atoms with Crippen LogP contribution in [0.25, 0.3) is 0 Å². The molecule has 2 saturated carbocycles. The number of carbonyl (C=O) groups is 1. The van der Waals surface area contributed by atoms with E-state index in [-0.39, 0.29) is 5.91 Å². The summed E-state index contributed by atoms with van der Waals surface area (Å²) in [5.74, 6) is 0.764. The van der Waals surface area contributed by atoms with Gasteiger partial charge >= 0.3 is 0 Å². The fourth-order valence-corrected chi connectivity index (χ4v) is 3.66. The van der Waals surface area contributed by atoms with Crippen LogP contribution in [0.5, 0.6) is 0 Å². The number of carbonyl (C=O) groups excluding carboxylic acids is 1. The molecule has 0 saturated heterocycles. The van der Waals surface area contributed by atoms with E-state index in [4.69, 9.17) is 0 Å². The summed E-state index contributed by atoms with van der Waals surface area (Å²) in [5.41, 5.74) is -0.725. The molecule has 0 aromatic rings. The first kappa shape index (κ1) is 14.4. The molecule has 2 atom stereocenters. The first-order valence-electron chi connectivity index (χ1n) is 7.92. The zero-order valence-corrected chi connectivity index (χ0v) is 12.1. The first-order chi connectivity index (χ1) is 9.20. The van der Waals surface area contributed by atoms with Crippen molar-refractivity contribution in [3.8, 4) is 6.07 Å². The molecule has 1 amide bonds. The van der Waals surface area contributed by atoms with Crippen LogP contribution < -0.4 is 5.32 Å². The Labute approximate surface area is 116 Å². The molecule has 3 heteroatoms. The molecule has 2 aliphatic carbocycles. The van der Waals surface area contributed by atoms with E-state index in [0.717, 1.165) is 50.9 Å². The number of nitrogens with zero attached hydrogens (tertiary/aromatic N) is 1. The van der Waals surface area contributed by atoms with Crippen LogP contribution in [0.4, 0.5) is 0 Å². The van der Waals surface area contributed by atoms with Crippen molar-refractivity contribution in [2.75, 3.05) is 0 Å². The van der Waals surface area contributed by atoms with Gasteiger partial charge in [-0.3, -0.25) is 4.79 Å². The summed E-state index contributed by atoms with van der Waals surface area (Å²) in [7, 11) is 0. The topological polar surface area (TPSA) is 52.9 Å². The summed E-state index contributed by atoms with van der Waals surface area (Å²) >= 11 is 0. The number of hydrogen-bond acceptors (Lipinski definition) is 2. The molecular formula is C16H26N2O. The molecule has 2 aliphatic rings. The Balaban J connectivity index is 1.94. The fourth-order valence-electron chi connectivity index (χ4n) is 3.66. The van der Waals surface area contributed by atoms with Crippen molar-refractivity contribution in [3.05, 3.63) is 0 Å². The van der Waals surface area contributed by atoms with Gasteiger partial charge in [0.2, 0.25) is 5.91 Å². The van der Waals surface area contributed by atoms with Crippen molar-refractivity contribution in [2.45, 2.75) is 77.2 Å². The van der Waals surface area contributed by atoms with Gasteiger partial charge in [-0.15, -0.1) is 0 Å². The third-order valence-corrected chi connectivity index (χ3v) is 5.05. The number of rotatable bonds is 3. The van der Waals surface area contributed by atoms with Crippen molar-refractivity contribution in [2.24, 2.45) is 11.3 Å². The van der Waals surface area contributed by atoms with Crippen molar-refractivity contribution in [1.82, 2.24) is 5.32 Å². The summed E-state index contributed by atoms with van der Waals surface area (Å²) in [6, 6.07) is 2.62. The van der Waals surface area contributed by atoms with Crippen LogP contribution in [-0.4, -0.2) is 11.9 Å². The normalized spacial score (nSPS) is 30.3. The van der Waals surface area contributed by atoms with E-state index in [9.17, 15) is 10.1 Å². The second-order valence-electron chi connectivity index (χ2n) is 6.37. The molecule has 3 nitrogen and oxygen atoms in total. The van der Waals surface area contributed by atoms with Gasteiger partial charge in [0.05, 0.1) is 6.07 Å². The highest BCUT2D eigenvalue weighted by Crippen LogP contribution is 2.36. The maximum atomic E-state index is 12.5. The van der Waals surface area contributed by atoms with Gasteiger partial charge in [-0.25, -0.2) is 0 Å². The number of nitrogens with one attached hydrogen (secondary N) is 1. The second-order valence-corrected chi connectivity index (χ2v) is 6.37. The van der Waals surface area contributed by atoms with Crippen LogP contribution in [0.15, 0.2) is 0 Å². The lowest BCUT2D eigenvalue weighted by Crippen LogP contribution is -2.47. The van der Waals surface area contributed by atoms with Gasteiger partial charge in [-0.1, -0.05) is 45.4 Å². The lowest BCUT2D eigenvalue weighted by atomic mass is 9.74.